The van der Waals surface area contributed by atoms with Crippen molar-refractivity contribution in [2.45, 2.75) is 19.7 Å². The van der Waals surface area contributed by atoms with Crippen LogP contribution in [0.25, 0.3) is 11.5 Å². The van der Waals surface area contributed by atoms with Crippen LogP contribution < -0.4 is 4.74 Å². The van der Waals surface area contributed by atoms with Crippen molar-refractivity contribution < 1.29 is 26.8 Å². The van der Waals surface area contributed by atoms with Crippen molar-refractivity contribution in [1.29, 1.82) is 0 Å². The van der Waals surface area contributed by atoms with E-state index in [1.807, 2.05) is 0 Å². The minimum atomic E-state index is -4.41. The van der Waals surface area contributed by atoms with Crippen LogP contribution in [0.15, 0.2) is 47.0 Å². The lowest BCUT2D eigenvalue weighted by Crippen LogP contribution is -2.04. The van der Waals surface area contributed by atoms with E-state index in [1.165, 1.54) is 24.3 Å². The van der Waals surface area contributed by atoms with E-state index in [4.69, 9.17) is 9.26 Å². The predicted octanol–water partition coefficient (Wildman–Crippen LogP) is 4.78. The quantitative estimate of drug-likeness (QED) is 0.634. The molecule has 1 aromatic heterocycles. The lowest BCUT2D eigenvalue weighted by Gasteiger charge is -2.06. The number of ether oxygens (including phenoxy) is 1. The van der Waals surface area contributed by atoms with Gasteiger partial charge in [-0.15, -0.1) is 0 Å². The third-order valence-corrected chi connectivity index (χ3v) is 3.37. The van der Waals surface area contributed by atoms with Crippen LogP contribution in [0.2, 0.25) is 0 Å². The van der Waals surface area contributed by atoms with Gasteiger partial charge in [0, 0.05) is 5.56 Å². The lowest BCUT2D eigenvalue weighted by atomic mass is 10.1. The number of alkyl halides is 3. The van der Waals surface area contributed by atoms with E-state index >= 15 is 0 Å². The van der Waals surface area contributed by atoms with Gasteiger partial charge in [-0.1, -0.05) is 11.2 Å². The molecule has 3 rings (SSSR count). The zero-order valence-electron chi connectivity index (χ0n) is 13.0. The molecule has 0 fully saturated rings. The first-order chi connectivity index (χ1) is 11.8. The predicted molar refractivity (Wildman–Crippen MR) is 80.2 cm³/mol. The number of benzene rings is 2. The largest absolute Gasteiger partial charge is 0.482 e. The van der Waals surface area contributed by atoms with Crippen molar-refractivity contribution in [3.05, 3.63) is 65.2 Å². The van der Waals surface area contributed by atoms with Gasteiger partial charge in [-0.2, -0.15) is 18.2 Å². The molecular weight excluding hydrogens is 340 g/mol. The minimum Gasteiger partial charge on any atom is -0.482 e. The van der Waals surface area contributed by atoms with Crippen LogP contribution in [0, 0.1) is 12.7 Å². The van der Waals surface area contributed by atoms with Crippen molar-refractivity contribution in [2.75, 3.05) is 0 Å². The minimum absolute atomic E-state index is 0.0528. The third kappa shape index (κ3) is 3.96. The Balaban J connectivity index is 1.71. The third-order valence-electron chi connectivity index (χ3n) is 3.37. The van der Waals surface area contributed by atoms with Gasteiger partial charge in [0.15, 0.2) is 18.2 Å². The molecule has 0 radical (unpaired) electrons. The molecule has 130 valence electrons. The monoisotopic (exact) mass is 352 g/mol. The molecule has 0 N–H and O–H groups in total. The van der Waals surface area contributed by atoms with Crippen molar-refractivity contribution in [3.63, 3.8) is 0 Å². The Morgan fingerprint density at radius 2 is 1.80 bits per heavy atom. The first kappa shape index (κ1) is 16.9. The number of aromatic nitrogens is 2. The van der Waals surface area contributed by atoms with Gasteiger partial charge in [0.25, 0.3) is 5.89 Å². The van der Waals surface area contributed by atoms with Crippen molar-refractivity contribution in [1.82, 2.24) is 10.1 Å². The van der Waals surface area contributed by atoms with Gasteiger partial charge in [0.05, 0.1) is 5.56 Å². The summed E-state index contributed by atoms with van der Waals surface area (Å²) in [6.45, 7) is 1.66. The molecule has 0 unspecified atom stereocenters. The lowest BCUT2D eigenvalue weighted by molar-refractivity contribution is -0.137. The molecule has 0 aliphatic heterocycles. The van der Waals surface area contributed by atoms with E-state index in [0.717, 1.165) is 17.7 Å². The summed E-state index contributed by atoms with van der Waals surface area (Å²) in [4.78, 5) is 4.03. The molecule has 0 spiro atoms. The van der Waals surface area contributed by atoms with Gasteiger partial charge in [0.1, 0.15) is 0 Å². The summed E-state index contributed by atoms with van der Waals surface area (Å²) in [7, 11) is 0. The SMILES string of the molecule is Cc1ccc(F)c(OCc2noc(-c3ccc(C(F)(F)F)cc3)n2)c1. The number of nitrogens with zero attached hydrogens (tertiary/aromatic N) is 2. The average Bonchev–Trinajstić information content (AvgIpc) is 3.04. The van der Waals surface area contributed by atoms with Gasteiger partial charge in [-0.25, -0.2) is 4.39 Å². The van der Waals surface area contributed by atoms with Gasteiger partial charge in [0.2, 0.25) is 5.82 Å². The highest BCUT2D eigenvalue weighted by molar-refractivity contribution is 5.53. The van der Waals surface area contributed by atoms with Crippen LogP contribution >= 0.6 is 0 Å². The molecule has 0 saturated carbocycles. The molecule has 0 saturated heterocycles. The van der Waals surface area contributed by atoms with E-state index in [-0.39, 0.29) is 24.1 Å². The molecule has 8 heteroatoms. The highest BCUT2D eigenvalue weighted by atomic mass is 19.4. The summed E-state index contributed by atoms with van der Waals surface area (Å²) >= 11 is 0. The molecular formula is C17H12F4N2O2. The van der Waals surface area contributed by atoms with Crippen LogP contribution in [0.5, 0.6) is 5.75 Å². The van der Waals surface area contributed by atoms with Gasteiger partial charge < -0.3 is 9.26 Å². The zero-order valence-corrected chi connectivity index (χ0v) is 13.0. The van der Waals surface area contributed by atoms with Crippen LogP contribution in [-0.4, -0.2) is 10.1 Å². The summed E-state index contributed by atoms with van der Waals surface area (Å²) in [6.07, 6.45) is -4.41. The number of rotatable bonds is 4. The van der Waals surface area contributed by atoms with Crippen LogP contribution in [0.3, 0.4) is 0 Å². The summed E-state index contributed by atoms with van der Waals surface area (Å²) in [5, 5.41) is 3.68. The van der Waals surface area contributed by atoms with Crippen molar-refractivity contribution in [2.24, 2.45) is 0 Å². The summed E-state index contributed by atoms with van der Waals surface area (Å²) in [5.74, 6) is -0.259. The second kappa shape index (κ2) is 6.54. The van der Waals surface area contributed by atoms with Crippen molar-refractivity contribution in [3.8, 4) is 17.2 Å². The molecule has 0 bridgehead atoms. The molecule has 0 atom stereocenters. The Bertz CT molecular complexity index is 873. The molecule has 0 aliphatic carbocycles. The standard InChI is InChI=1S/C17H12F4N2O2/c1-10-2-7-13(18)14(8-10)24-9-15-22-16(25-23-15)11-3-5-12(6-4-11)17(19,20)21/h2-8H,9H2,1H3. The van der Waals surface area contributed by atoms with Crippen LogP contribution in [0.4, 0.5) is 17.6 Å². The number of hydrogen-bond donors (Lipinski definition) is 0. The van der Waals surface area contributed by atoms with Gasteiger partial charge in [-0.05, 0) is 48.9 Å². The smallest absolute Gasteiger partial charge is 0.416 e. The first-order valence-corrected chi connectivity index (χ1v) is 7.22. The molecule has 0 aliphatic rings. The molecule has 2 aromatic carbocycles. The molecule has 1 heterocycles. The maximum Gasteiger partial charge on any atom is 0.416 e. The Hall–Kier alpha value is -2.90. The Morgan fingerprint density at radius 1 is 1.08 bits per heavy atom. The molecule has 25 heavy (non-hydrogen) atoms. The summed E-state index contributed by atoms with van der Waals surface area (Å²) in [5.41, 5.74) is 0.401. The normalized spacial score (nSPS) is 11.6. The number of hydrogen-bond acceptors (Lipinski definition) is 4. The van der Waals surface area contributed by atoms with E-state index in [0.29, 0.717) is 5.56 Å². The van der Waals surface area contributed by atoms with E-state index < -0.39 is 17.6 Å². The zero-order chi connectivity index (χ0) is 18.0. The van der Waals surface area contributed by atoms with Crippen LogP contribution in [-0.2, 0) is 12.8 Å². The fourth-order valence-corrected chi connectivity index (χ4v) is 2.10. The Morgan fingerprint density at radius 3 is 2.48 bits per heavy atom. The number of aryl methyl sites for hydroxylation is 1. The van der Waals surface area contributed by atoms with Crippen molar-refractivity contribution >= 4 is 0 Å². The molecule has 3 aromatic rings. The first-order valence-electron chi connectivity index (χ1n) is 7.22. The fraction of sp³-hybridized carbons (Fsp3) is 0.176. The average molecular weight is 352 g/mol. The maximum absolute atomic E-state index is 13.6. The van der Waals surface area contributed by atoms with Gasteiger partial charge >= 0.3 is 6.18 Å². The fourth-order valence-electron chi connectivity index (χ4n) is 2.10. The number of halogens is 4. The topological polar surface area (TPSA) is 48.2 Å². The maximum atomic E-state index is 13.6. The summed E-state index contributed by atoms with van der Waals surface area (Å²) < 4.78 is 61.6. The second-order valence-electron chi connectivity index (χ2n) is 5.31. The second-order valence-corrected chi connectivity index (χ2v) is 5.31. The van der Waals surface area contributed by atoms with E-state index in [2.05, 4.69) is 10.1 Å². The molecule has 4 nitrogen and oxygen atoms in total. The van der Waals surface area contributed by atoms with Crippen LogP contribution in [0.1, 0.15) is 17.0 Å². The van der Waals surface area contributed by atoms with E-state index in [9.17, 15) is 17.6 Å². The summed E-state index contributed by atoms with van der Waals surface area (Å²) in [6, 6.07) is 8.76. The van der Waals surface area contributed by atoms with E-state index in [1.54, 1.807) is 13.0 Å². The Labute approximate surface area is 140 Å². The highest BCUT2D eigenvalue weighted by Gasteiger charge is 2.30. The van der Waals surface area contributed by atoms with Gasteiger partial charge in [-0.3, -0.25) is 0 Å². The Kier molecular flexibility index (Phi) is 4.43. The molecule has 0 amide bonds. The highest BCUT2D eigenvalue weighted by Crippen LogP contribution is 2.30.